The molecule has 0 fully saturated rings. The highest BCUT2D eigenvalue weighted by Gasteiger charge is 2.07. The molecule has 148 valence electrons. The molecule has 0 bridgehead atoms. The molecule has 9 heteroatoms. The molecular weight excluding hydrogens is 396 g/mol. The van der Waals surface area contributed by atoms with Crippen molar-refractivity contribution in [2.45, 2.75) is 6.92 Å². The molecule has 0 atom stereocenters. The monoisotopic (exact) mass is 418 g/mol. The Morgan fingerprint density at radius 2 is 1.64 bits per heavy atom. The molecule has 0 aliphatic heterocycles. The second kappa shape index (κ2) is 11.2. The molecule has 4 N–H and O–H groups in total. The fourth-order valence-corrected chi connectivity index (χ4v) is 2.92. The van der Waals surface area contributed by atoms with Gasteiger partial charge in [0.05, 0.1) is 18.6 Å². The molecule has 2 aromatic carbocycles. The summed E-state index contributed by atoms with van der Waals surface area (Å²) in [5.74, 6) is 0.525. The van der Waals surface area contributed by atoms with E-state index in [0.717, 1.165) is 11.3 Å². The van der Waals surface area contributed by atoms with Gasteiger partial charge >= 0.3 is 0 Å². The Balaban J connectivity index is 1.63. The van der Waals surface area contributed by atoms with Crippen molar-refractivity contribution >= 4 is 52.3 Å². The van der Waals surface area contributed by atoms with Gasteiger partial charge in [0.2, 0.25) is 11.8 Å². The summed E-state index contributed by atoms with van der Waals surface area (Å²) in [6.45, 7) is 1.96. The fraction of sp³-hybridized carbons (Fsp3) is 0.211. The van der Waals surface area contributed by atoms with Gasteiger partial charge < -0.3 is 15.4 Å². The smallest absolute Gasteiger partial charge is 0.248 e. The van der Waals surface area contributed by atoms with E-state index in [9.17, 15) is 9.59 Å². The van der Waals surface area contributed by atoms with Crippen LogP contribution in [0.1, 0.15) is 5.56 Å². The Hall–Kier alpha value is -2.78. The number of hydrogen-bond acceptors (Lipinski definition) is 5. The van der Waals surface area contributed by atoms with Gasteiger partial charge in [-0.1, -0.05) is 18.2 Å². The molecule has 0 aliphatic rings. The topological polar surface area (TPSA) is 91.5 Å². The molecular formula is C19H22N4O3S2. The van der Waals surface area contributed by atoms with Gasteiger partial charge in [-0.3, -0.25) is 20.4 Å². The number of benzene rings is 2. The van der Waals surface area contributed by atoms with Gasteiger partial charge in [-0.05, 0) is 55.0 Å². The van der Waals surface area contributed by atoms with Crippen LogP contribution < -0.4 is 26.2 Å². The van der Waals surface area contributed by atoms with Crippen LogP contribution in [0.3, 0.4) is 0 Å². The molecule has 0 radical (unpaired) electrons. The van der Waals surface area contributed by atoms with Gasteiger partial charge in [-0.25, -0.2) is 0 Å². The van der Waals surface area contributed by atoms with Crippen LogP contribution in [0.15, 0.2) is 48.5 Å². The first-order chi connectivity index (χ1) is 13.5. The zero-order valence-electron chi connectivity index (χ0n) is 15.6. The van der Waals surface area contributed by atoms with Crippen molar-refractivity contribution in [1.29, 1.82) is 0 Å². The summed E-state index contributed by atoms with van der Waals surface area (Å²) < 4.78 is 5.06. The minimum Gasteiger partial charge on any atom is -0.497 e. The lowest BCUT2D eigenvalue weighted by Crippen LogP contribution is -2.44. The number of amides is 2. The highest BCUT2D eigenvalue weighted by atomic mass is 32.2. The molecule has 0 saturated heterocycles. The standard InChI is InChI=1S/C19H22N4O3S2/c1-13-5-3-4-6-16(13)21-19(27)23-22-18(25)12-28-11-17(24)20-14-7-9-15(26-2)10-8-14/h3-10H,11-12H2,1-2H3,(H,20,24)(H,22,25)(H2,21,23,27). The third-order valence-corrected chi connectivity index (χ3v) is 4.69. The van der Waals surface area contributed by atoms with Gasteiger partial charge in [-0.2, -0.15) is 0 Å². The lowest BCUT2D eigenvalue weighted by molar-refractivity contribution is -0.119. The Bertz CT molecular complexity index is 828. The van der Waals surface area contributed by atoms with Crippen LogP contribution in [0.2, 0.25) is 0 Å². The summed E-state index contributed by atoms with van der Waals surface area (Å²) in [5, 5.41) is 6.04. The summed E-state index contributed by atoms with van der Waals surface area (Å²) in [7, 11) is 1.58. The van der Waals surface area contributed by atoms with E-state index in [1.54, 1.807) is 31.4 Å². The van der Waals surface area contributed by atoms with Crippen molar-refractivity contribution in [3.63, 3.8) is 0 Å². The molecule has 28 heavy (non-hydrogen) atoms. The number of anilines is 2. The highest BCUT2D eigenvalue weighted by Crippen LogP contribution is 2.15. The largest absolute Gasteiger partial charge is 0.497 e. The number of carbonyl (C=O) groups is 2. The summed E-state index contributed by atoms with van der Waals surface area (Å²) in [6, 6.07) is 14.7. The minimum absolute atomic E-state index is 0.121. The molecule has 7 nitrogen and oxygen atoms in total. The van der Waals surface area contributed by atoms with Gasteiger partial charge in [0.25, 0.3) is 0 Å². The number of thiocarbonyl (C=S) groups is 1. The quantitative estimate of drug-likeness (QED) is 0.406. The van der Waals surface area contributed by atoms with Crippen LogP contribution >= 0.6 is 24.0 Å². The Morgan fingerprint density at radius 3 is 2.32 bits per heavy atom. The Labute approximate surface area is 173 Å². The fourth-order valence-electron chi connectivity index (χ4n) is 2.14. The second-order valence-corrected chi connectivity index (χ2v) is 7.11. The van der Waals surface area contributed by atoms with Crippen molar-refractivity contribution in [3.8, 4) is 5.75 Å². The van der Waals surface area contributed by atoms with Gasteiger partial charge in [0, 0.05) is 11.4 Å². The number of aryl methyl sites for hydroxylation is 1. The molecule has 0 unspecified atom stereocenters. The Kier molecular flexibility index (Phi) is 8.57. The lowest BCUT2D eigenvalue weighted by atomic mass is 10.2. The van der Waals surface area contributed by atoms with Crippen LogP contribution in [0.5, 0.6) is 5.75 Å². The van der Waals surface area contributed by atoms with E-state index < -0.39 is 0 Å². The van der Waals surface area contributed by atoms with Crippen LogP contribution in [0.4, 0.5) is 11.4 Å². The number of hydrazine groups is 1. The van der Waals surface area contributed by atoms with Crippen LogP contribution in [-0.4, -0.2) is 35.5 Å². The van der Waals surface area contributed by atoms with E-state index in [2.05, 4.69) is 21.5 Å². The molecule has 0 heterocycles. The zero-order chi connectivity index (χ0) is 20.4. The predicted octanol–water partition coefficient (Wildman–Crippen LogP) is 2.69. The molecule has 0 aliphatic carbocycles. The summed E-state index contributed by atoms with van der Waals surface area (Å²) >= 11 is 6.34. The maximum Gasteiger partial charge on any atom is 0.248 e. The maximum absolute atomic E-state index is 11.9. The molecule has 0 aromatic heterocycles. The van der Waals surface area contributed by atoms with Crippen LogP contribution in [0, 0.1) is 6.92 Å². The number of carbonyl (C=O) groups excluding carboxylic acids is 2. The van der Waals surface area contributed by atoms with Crippen molar-refractivity contribution in [2.24, 2.45) is 0 Å². The second-order valence-electron chi connectivity index (χ2n) is 5.71. The predicted molar refractivity (Wildman–Crippen MR) is 118 cm³/mol. The molecule has 2 rings (SSSR count). The number of ether oxygens (including phenoxy) is 1. The number of rotatable bonds is 7. The average molecular weight is 419 g/mol. The van der Waals surface area contributed by atoms with Crippen molar-refractivity contribution in [1.82, 2.24) is 10.9 Å². The number of methoxy groups -OCH3 is 1. The zero-order valence-corrected chi connectivity index (χ0v) is 17.2. The van der Waals surface area contributed by atoms with E-state index in [-0.39, 0.29) is 28.4 Å². The minimum atomic E-state index is -0.281. The van der Waals surface area contributed by atoms with Crippen molar-refractivity contribution in [2.75, 3.05) is 29.2 Å². The molecule has 2 aromatic rings. The third kappa shape index (κ3) is 7.45. The maximum atomic E-state index is 11.9. The molecule has 0 saturated carbocycles. The molecule has 0 spiro atoms. The summed E-state index contributed by atoms with van der Waals surface area (Å²) in [4.78, 5) is 23.8. The average Bonchev–Trinajstić information content (AvgIpc) is 2.69. The number of hydrogen-bond donors (Lipinski definition) is 4. The van der Waals surface area contributed by atoms with Crippen LogP contribution in [-0.2, 0) is 9.59 Å². The summed E-state index contributed by atoms with van der Waals surface area (Å²) in [6.07, 6.45) is 0. The normalized spacial score (nSPS) is 9.93. The van der Waals surface area contributed by atoms with Crippen molar-refractivity contribution in [3.05, 3.63) is 54.1 Å². The van der Waals surface area contributed by atoms with E-state index in [4.69, 9.17) is 17.0 Å². The van der Waals surface area contributed by atoms with Gasteiger partial charge in [0.1, 0.15) is 5.75 Å². The van der Waals surface area contributed by atoms with E-state index in [0.29, 0.717) is 11.4 Å². The van der Waals surface area contributed by atoms with Gasteiger partial charge in [-0.15, -0.1) is 11.8 Å². The Morgan fingerprint density at radius 1 is 0.964 bits per heavy atom. The van der Waals surface area contributed by atoms with Gasteiger partial charge in [0.15, 0.2) is 5.11 Å². The first-order valence-corrected chi connectivity index (χ1v) is 9.97. The first-order valence-electron chi connectivity index (χ1n) is 8.41. The highest BCUT2D eigenvalue weighted by molar-refractivity contribution is 8.00. The van der Waals surface area contributed by atoms with E-state index in [1.165, 1.54) is 11.8 Å². The lowest BCUT2D eigenvalue weighted by Gasteiger charge is -2.13. The van der Waals surface area contributed by atoms with Crippen LogP contribution in [0.25, 0.3) is 0 Å². The summed E-state index contributed by atoms with van der Waals surface area (Å²) in [5.41, 5.74) is 7.71. The first kappa shape index (κ1) is 21.5. The number of para-hydroxylation sites is 1. The number of nitrogens with one attached hydrogen (secondary N) is 4. The van der Waals surface area contributed by atoms with E-state index in [1.807, 2.05) is 31.2 Å². The third-order valence-electron chi connectivity index (χ3n) is 3.55. The molecule has 2 amide bonds. The van der Waals surface area contributed by atoms with Crippen molar-refractivity contribution < 1.29 is 14.3 Å². The van der Waals surface area contributed by atoms with E-state index >= 15 is 0 Å². The SMILES string of the molecule is COc1ccc(NC(=O)CSCC(=O)NNC(=S)Nc2ccccc2C)cc1. The number of thioether (sulfide) groups is 1.